The van der Waals surface area contributed by atoms with Gasteiger partial charge in [0.1, 0.15) is 11.9 Å². The number of pyridine rings is 1. The highest BCUT2D eigenvalue weighted by Crippen LogP contribution is 2.27. The van der Waals surface area contributed by atoms with Crippen molar-refractivity contribution < 1.29 is 14.8 Å². The van der Waals surface area contributed by atoms with E-state index in [0.717, 1.165) is 6.42 Å². The zero-order valence-electron chi connectivity index (χ0n) is 12.9. The monoisotopic (exact) mass is 318 g/mol. The third kappa shape index (κ3) is 3.88. The Bertz CT molecular complexity index is 752. The Morgan fingerprint density at radius 3 is 2.52 bits per heavy atom. The summed E-state index contributed by atoms with van der Waals surface area (Å²) in [6.07, 6.45) is 1.06. The Balaban J connectivity index is 2.28. The summed E-state index contributed by atoms with van der Waals surface area (Å²) in [6, 6.07) is 7.44. The van der Waals surface area contributed by atoms with Gasteiger partial charge in [-0.2, -0.15) is 0 Å². The largest absolute Gasteiger partial charge is 0.503 e. The van der Waals surface area contributed by atoms with Crippen LogP contribution in [0.4, 0.5) is 5.69 Å². The number of hydrogen-bond donors (Lipinski definition) is 2. The molecule has 0 aliphatic heterocycles. The normalized spacial score (nSPS) is 11.9. The molecular formula is C16H18N2O5. The molecule has 7 heteroatoms. The lowest BCUT2D eigenvalue weighted by atomic mass is 10.1. The van der Waals surface area contributed by atoms with Crippen molar-refractivity contribution in [2.24, 2.45) is 0 Å². The van der Waals surface area contributed by atoms with Gasteiger partial charge in [0.25, 0.3) is 11.2 Å². The molecule has 2 rings (SSSR count). The van der Waals surface area contributed by atoms with E-state index >= 15 is 0 Å². The molecule has 0 aliphatic rings. The first kappa shape index (κ1) is 16.5. The number of non-ortho nitro benzene ring substituents is 1. The van der Waals surface area contributed by atoms with E-state index in [-0.39, 0.29) is 11.4 Å². The first-order chi connectivity index (χ1) is 10.9. The molecule has 1 aromatic carbocycles. The summed E-state index contributed by atoms with van der Waals surface area (Å²) in [7, 11) is 0. The van der Waals surface area contributed by atoms with Gasteiger partial charge in [0, 0.05) is 12.1 Å². The summed E-state index contributed by atoms with van der Waals surface area (Å²) in [5.41, 5.74) is 0.453. The molecule has 0 bridgehead atoms. The highest BCUT2D eigenvalue weighted by Gasteiger charge is 2.17. The highest BCUT2D eigenvalue weighted by molar-refractivity contribution is 5.36. The number of aromatic nitrogens is 1. The van der Waals surface area contributed by atoms with Crippen LogP contribution in [0.15, 0.2) is 35.1 Å². The van der Waals surface area contributed by atoms with Crippen molar-refractivity contribution in [2.75, 3.05) is 0 Å². The lowest BCUT2D eigenvalue weighted by Gasteiger charge is -2.19. The zero-order chi connectivity index (χ0) is 17.0. The molecule has 0 radical (unpaired) electrons. The molecule has 0 saturated heterocycles. The number of aryl methyl sites for hydroxylation is 1. The van der Waals surface area contributed by atoms with E-state index in [0.29, 0.717) is 23.4 Å². The number of nitro groups is 1. The number of H-pyrrole nitrogens is 1. The lowest BCUT2D eigenvalue weighted by Crippen LogP contribution is -2.16. The van der Waals surface area contributed by atoms with Gasteiger partial charge < -0.3 is 14.8 Å². The van der Waals surface area contributed by atoms with E-state index in [1.165, 1.54) is 24.3 Å². The summed E-state index contributed by atoms with van der Waals surface area (Å²) in [5.74, 6) is 0.167. The maximum Gasteiger partial charge on any atom is 0.290 e. The molecule has 1 unspecified atom stereocenters. The maximum atomic E-state index is 11.7. The highest BCUT2D eigenvalue weighted by atomic mass is 16.6. The molecule has 2 aromatic rings. The van der Waals surface area contributed by atoms with Gasteiger partial charge in [-0.25, -0.2) is 0 Å². The van der Waals surface area contributed by atoms with Gasteiger partial charge in [-0.3, -0.25) is 14.9 Å². The predicted octanol–water partition coefficient (Wildman–Crippen LogP) is 3.22. The van der Waals surface area contributed by atoms with E-state index < -0.39 is 16.6 Å². The van der Waals surface area contributed by atoms with Crippen LogP contribution in [0.5, 0.6) is 11.5 Å². The summed E-state index contributed by atoms with van der Waals surface area (Å²) in [5, 5.41) is 20.2. The Morgan fingerprint density at radius 1 is 1.35 bits per heavy atom. The summed E-state index contributed by atoms with van der Waals surface area (Å²) in [4.78, 5) is 24.5. The van der Waals surface area contributed by atoms with Crippen molar-refractivity contribution in [3.8, 4) is 11.5 Å². The molecular weight excluding hydrogens is 300 g/mol. The number of ether oxygens (including phenoxy) is 1. The second-order valence-corrected chi connectivity index (χ2v) is 5.23. The second-order valence-electron chi connectivity index (χ2n) is 5.23. The van der Waals surface area contributed by atoms with Crippen molar-refractivity contribution >= 4 is 5.69 Å². The number of nitrogens with one attached hydrogen (secondary N) is 1. The molecule has 1 aromatic heterocycles. The topological polar surface area (TPSA) is 105 Å². The molecule has 2 N–H and O–H groups in total. The first-order valence-corrected chi connectivity index (χ1v) is 7.26. The Labute approximate surface area is 132 Å². The smallest absolute Gasteiger partial charge is 0.290 e. The number of nitrogens with zero attached hydrogens (tertiary/aromatic N) is 1. The second kappa shape index (κ2) is 6.95. The van der Waals surface area contributed by atoms with Crippen molar-refractivity contribution in [3.05, 3.63) is 62.1 Å². The third-order valence-electron chi connectivity index (χ3n) is 3.44. The van der Waals surface area contributed by atoms with Gasteiger partial charge in [0.15, 0.2) is 5.75 Å². The van der Waals surface area contributed by atoms with E-state index in [1.807, 2.05) is 6.92 Å². The quantitative estimate of drug-likeness (QED) is 0.628. The molecule has 122 valence electrons. The molecule has 23 heavy (non-hydrogen) atoms. The van der Waals surface area contributed by atoms with Crippen LogP contribution in [0.1, 0.15) is 37.1 Å². The number of aromatic amines is 1. The van der Waals surface area contributed by atoms with Crippen LogP contribution in [0.3, 0.4) is 0 Å². The third-order valence-corrected chi connectivity index (χ3v) is 3.44. The Hall–Kier alpha value is -2.83. The fourth-order valence-corrected chi connectivity index (χ4v) is 2.23. The van der Waals surface area contributed by atoms with E-state index in [2.05, 4.69) is 4.98 Å². The fraction of sp³-hybridized carbons (Fsp3) is 0.312. The number of benzene rings is 1. The van der Waals surface area contributed by atoms with Gasteiger partial charge in [-0.1, -0.05) is 13.3 Å². The number of hydrogen-bond acceptors (Lipinski definition) is 5. The van der Waals surface area contributed by atoms with Gasteiger partial charge in [0.2, 0.25) is 0 Å². The molecule has 0 saturated carbocycles. The van der Waals surface area contributed by atoms with Crippen LogP contribution in [0.2, 0.25) is 0 Å². The van der Waals surface area contributed by atoms with E-state index in [4.69, 9.17) is 4.74 Å². The molecule has 1 atom stereocenters. The molecule has 1 heterocycles. The fourth-order valence-electron chi connectivity index (χ4n) is 2.23. The van der Waals surface area contributed by atoms with Gasteiger partial charge >= 0.3 is 0 Å². The number of nitro benzene ring substituents is 1. The van der Waals surface area contributed by atoms with Gasteiger partial charge in [-0.15, -0.1) is 0 Å². The average Bonchev–Trinajstić information content (AvgIpc) is 2.52. The molecule has 0 aliphatic carbocycles. The molecule has 0 amide bonds. The minimum Gasteiger partial charge on any atom is -0.503 e. The maximum absolute atomic E-state index is 11.7. The van der Waals surface area contributed by atoms with Crippen LogP contribution in [0, 0.1) is 17.0 Å². The van der Waals surface area contributed by atoms with Crippen LogP contribution in [-0.2, 0) is 0 Å². The van der Waals surface area contributed by atoms with Gasteiger partial charge in [0.05, 0.1) is 10.6 Å². The predicted molar refractivity (Wildman–Crippen MR) is 84.8 cm³/mol. The standard InChI is InChI=1S/C16H18N2O5/c1-3-4-14(13-9-10(2)15(19)16(20)17-13)23-12-7-5-11(6-8-12)18(21)22/h5-9,14,19H,3-4H2,1-2H3,(H,17,20). The molecule has 7 nitrogen and oxygen atoms in total. The van der Waals surface area contributed by atoms with Crippen LogP contribution in [0.25, 0.3) is 0 Å². The van der Waals surface area contributed by atoms with Crippen molar-refractivity contribution in [2.45, 2.75) is 32.8 Å². The van der Waals surface area contributed by atoms with Gasteiger partial charge in [-0.05, 0) is 37.1 Å². The zero-order valence-corrected chi connectivity index (χ0v) is 12.9. The van der Waals surface area contributed by atoms with E-state index in [1.54, 1.807) is 13.0 Å². The van der Waals surface area contributed by atoms with Crippen LogP contribution in [-0.4, -0.2) is 15.0 Å². The number of rotatable bonds is 6. The Kier molecular flexibility index (Phi) is 5.00. The average molecular weight is 318 g/mol. The molecule has 0 fully saturated rings. The molecule has 0 spiro atoms. The van der Waals surface area contributed by atoms with Crippen molar-refractivity contribution in [3.63, 3.8) is 0 Å². The van der Waals surface area contributed by atoms with E-state index in [9.17, 15) is 20.0 Å². The van der Waals surface area contributed by atoms with Crippen molar-refractivity contribution in [1.82, 2.24) is 4.98 Å². The van der Waals surface area contributed by atoms with Crippen LogP contribution < -0.4 is 10.3 Å². The van der Waals surface area contributed by atoms with Crippen molar-refractivity contribution in [1.29, 1.82) is 0 Å². The minimum atomic E-state index is -0.562. The summed E-state index contributed by atoms with van der Waals surface area (Å²) >= 11 is 0. The van der Waals surface area contributed by atoms with Crippen LogP contribution >= 0.6 is 0 Å². The SMILES string of the molecule is CCCC(Oc1ccc([N+](=O)[O-])cc1)c1cc(C)c(O)c(=O)[nH]1. The Morgan fingerprint density at radius 2 is 2.00 bits per heavy atom. The lowest BCUT2D eigenvalue weighted by molar-refractivity contribution is -0.384. The summed E-state index contributed by atoms with van der Waals surface area (Å²) < 4.78 is 5.85. The summed E-state index contributed by atoms with van der Waals surface area (Å²) in [6.45, 7) is 3.63. The minimum absolute atomic E-state index is 0.0155. The first-order valence-electron chi connectivity index (χ1n) is 7.26. The number of aromatic hydroxyl groups is 1.